The van der Waals surface area contributed by atoms with Crippen LogP contribution in [-0.4, -0.2) is 40.1 Å². The largest absolute Gasteiger partial charge is 0.480 e. The first-order valence-electron chi connectivity index (χ1n) is 8.87. The second-order valence-electron chi connectivity index (χ2n) is 7.13. The van der Waals surface area contributed by atoms with Crippen LogP contribution in [-0.2, 0) is 11.2 Å². The average molecular weight is 341 g/mol. The minimum Gasteiger partial charge on any atom is -0.480 e. The van der Waals surface area contributed by atoms with Gasteiger partial charge < -0.3 is 14.2 Å². The summed E-state index contributed by atoms with van der Waals surface area (Å²) in [5.41, 5.74) is 3.58. The van der Waals surface area contributed by atoms with Crippen molar-refractivity contribution in [3.63, 3.8) is 0 Å². The van der Waals surface area contributed by atoms with Crippen molar-refractivity contribution in [2.75, 3.05) is 13.1 Å². The zero-order valence-electron chi connectivity index (χ0n) is 14.9. The van der Waals surface area contributed by atoms with Gasteiger partial charge >= 0.3 is 0 Å². The number of amides is 1. The summed E-state index contributed by atoms with van der Waals surface area (Å²) in [6.07, 6.45) is 2.00. The second-order valence-corrected chi connectivity index (χ2v) is 7.13. The molecule has 0 spiro atoms. The summed E-state index contributed by atoms with van der Waals surface area (Å²) in [5, 5.41) is 4.02. The fourth-order valence-electron chi connectivity index (χ4n) is 3.69. The highest BCUT2D eigenvalue weighted by Crippen LogP contribution is 2.33. The summed E-state index contributed by atoms with van der Waals surface area (Å²) < 4.78 is 11.0. The Bertz CT molecular complexity index is 775. The number of rotatable bonds is 2. The van der Waals surface area contributed by atoms with Gasteiger partial charge in [0.1, 0.15) is 5.75 Å². The third-order valence-electron chi connectivity index (χ3n) is 5.34. The lowest BCUT2D eigenvalue weighted by molar-refractivity contribution is -0.139. The van der Waals surface area contributed by atoms with Crippen molar-refractivity contribution >= 4 is 5.91 Å². The predicted octanol–water partition coefficient (Wildman–Crippen LogP) is 2.70. The smallest absolute Gasteiger partial charge is 0.263 e. The molecule has 25 heavy (non-hydrogen) atoms. The minimum absolute atomic E-state index is 0.0919. The first-order chi connectivity index (χ1) is 12.0. The van der Waals surface area contributed by atoms with Crippen molar-refractivity contribution < 1.29 is 14.1 Å². The number of carbonyl (C=O) groups excluding carboxylic acids is 1. The van der Waals surface area contributed by atoms with Gasteiger partial charge in [0.25, 0.3) is 5.91 Å². The van der Waals surface area contributed by atoms with Crippen molar-refractivity contribution in [1.82, 2.24) is 15.0 Å². The van der Waals surface area contributed by atoms with Gasteiger partial charge in [-0.15, -0.1) is 0 Å². The Hall–Kier alpha value is -2.37. The van der Waals surface area contributed by atoms with Crippen LogP contribution in [0.15, 0.2) is 16.7 Å². The monoisotopic (exact) mass is 341 g/mol. The van der Waals surface area contributed by atoms with Crippen LogP contribution >= 0.6 is 0 Å². The lowest BCUT2D eigenvalue weighted by Gasteiger charge is -2.32. The maximum absolute atomic E-state index is 12.8. The summed E-state index contributed by atoms with van der Waals surface area (Å²) in [4.78, 5) is 19.1. The zero-order chi connectivity index (χ0) is 17.6. The third kappa shape index (κ3) is 3.01. The number of fused-ring (bicyclic) bond motifs is 1. The van der Waals surface area contributed by atoms with E-state index in [2.05, 4.69) is 30.1 Å². The fourth-order valence-corrected chi connectivity index (χ4v) is 3.69. The van der Waals surface area contributed by atoms with E-state index in [1.165, 1.54) is 11.1 Å². The van der Waals surface area contributed by atoms with Crippen molar-refractivity contribution in [3.8, 4) is 5.75 Å². The maximum Gasteiger partial charge on any atom is 0.263 e. The van der Waals surface area contributed by atoms with E-state index in [0.717, 1.165) is 30.0 Å². The molecule has 0 bridgehead atoms. The average Bonchev–Trinajstić information content (AvgIpc) is 3.21. The molecule has 2 aromatic rings. The number of aryl methyl sites for hydroxylation is 3. The van der Waals surface area contributed by atoms with E-state index in [-0.39, 0.29) is 17.9 Å². The van der Waals surface area contributed by atoms with Gasteiger partial charge in [0.2, 0.25) is 5.89 Å². The molecular formula is C19H23N3O3. The van der Waals surface area contributed by atoms with Crippen LogP contribution in [0.25, 0.3) is 0 Å². The van der Waals surface area contributed by atoms with Crippen LogP contribution in [0.3, 0.4) is 0 Å². The van der Waals surface area contributed by atoms with Crippen molar-refractivity contribution in [2.45, 2.75) is 52.1 Å². The number of ether oxygens (including phenoxy) is 1. The van der Waals surface area contributed by atoms with E-state index in [4.69, 9.17) is 9.26 Å². The fraction of sp³-hybridized carbons (Fsp3) is 0.526. The van der Waals surface area contributed by atoms with Gasteiger partial charge in [-0.25, -0.2) is 0 Å². The van der Waals surface area contributed by atoms with E-state index in [1.54, 1.807) is 6.92 Å². The lowest BCUT2D eigenvalue weighted by atomic mass is 9.95. The Labute approximate surface area is 147 Å². The molecule has 1 fully saturated rings. The number of nitrogens with zero attached hydrogens (tertiary/aromatic N) is 3. The molecule has 0 saturated carbocycles. The van der Waals surface area contributed by atoms with Crippen LogP contribution in [0.1, 0.15) is 47.2 Å². The molecule has 2 aliphatic heterocycles. The van der Waals surface area contributed by atoms with Gasteiger partial charge in [-0.05, 0) is 49.4 Å². The molecular weight excluding hydrogens is 318 g/mol. The van der Waals surface area contributed by atoms with Gasteiger partial charge in [0, 0.05) is 32.4 Å². The van der Waals surface area contributed by atoms with E-state index in [9.17, 15) is 4.79 Å². The molecule has 1 aromatic heterocycles. The molecule has 2 aliphatic rings. The zero-order valence-corrected chi connectivity index (χ0v) is 14.9. The van der Waals surface area contributed by atoms with Crippen LogP contribution in [0.4, 0.5) is 0 Å². The molecule has 1 aromatic carbocycles. The summed E-state index contributed by atoms with van der Waals surface area (Å²) >= 11 is 0. The maximum atomic E-state index is 12.8. The molecule has 4 rings (SSSR count). The molecule has 0 unspecified atom stereocenters. The Morgan fingerprint density at radius 2 is 1.88 bits per heavy atom. The van der Waals surface area contributed by atoms with E-state index < -0.39 is 0 Å². The highest BCUT2D eigenvalue weighted by atomic mass is 16.5. The van der Waals surface area contributed by atoms with Crippen molar-refractivity contribution in [1.29, 1.82) is 0 Å². The Balaban J connectivity index is 1.38. The first-order valence-corrected chi connectivity index (χ1v) is 8.87. The molecule has 0 aliphatic carbocycles. The number of piperidine rings is 1. The Morgan fingerprint density at radius 3 is 2.56 bits per heavy atom. The van der Waals surface area contributed by atoms with Crippen LogP contribution in [0.2, 0.25) is 0 Å². The third-order valence-corrected chi connectivity index (χ3v) is 5.34. The molecule has 1 saturated heterocycles. The SMILES string of the molecule is Cc1nc(C2CCN(C(=O)[C@H]3Cc4cc(C)c(C)cc4O3)CC2)no1. The van der Waals surface area contributed by atoms with Crippen LogP contribution in [0, 0.1) is 20.8 Å². The summed E-state index contributed by atoms with van der Waals surface area (Å²) in [6, 6.07) is 4.19. The van der Waals surface area contributed by atoms with Crippen molar-refractivity contribution in [2.24, 2.45) is 0 Å². The normalized spacial score (nSPS) is 20.4. The van der Waals surface area contributed by atoms with Gasteiger partial charge in [-0.3, -0.25) is 4.79 Å². The molecule has 0 radical (unpaired) electrons. The number of hydrogen-bond acceptors (Lipinski definition) is 5. The highest BCUT2D eigenvalue weighted by molar-refractivity contribution is 5.82. The van der Waals surface area contributed by atoms with E-state index in [1.807, 2.05) is 11.0 Å². The minimum atomic E-state index is -0.389. The lowest BCUT2D eigenvalue weighted by Crippen LogP contribution is -2.45. The molecule has 6 heteroatoms. The van der Waals surface area contributed by atoms with Gasteiger partial charge in [0.05, 0.1) is 0 Å². The number of hydrogen-bond donors (Lipinski definition) is 0. The van der Waals surface area contributed by atoms with Gasteiger partial charge in [0.15, 0.2) is 11.9 Å². The van der Waals surface area contributed by atoms with E-state index in [0.29, 0.717) is 25.4 Å². The summed E-state index contributed by atoms with van der Waals surface area (Å²) in [6.45, 7) is 7.39. The molecule has 1 atom stereocenters. The van der Waals surface area contributed by atoms with Gasteiger partial charge in [-0.2, -0.15) is 4.98 Å². The molecule has 132 valence electrons. The number of likely N-dealkylation sites (tertiary alicyclic amines) is 1. The van der Waals surface area contributed by atoms with E-state index >= 15 is 0 Å². The second kappa shape index (κ2) is 6.17. The number of aromatic nitrogens is 2. The Morgan fingerprint density at radius 1 is 1.16 bits per heavy atom. The van der Waals surface area contributed by atoms with Crippen LogP contribution < -0.4 is 4.74 Å². The molecule has 6 nitrogen and oxygen atoms in total. The predicted molar refractivity (Wildman–Crippen MR) is 91.6 cm³/mol. The topological polar surface area (TPSA) is 68.5 Å². The number of carbonyl (C=O) groups is 1. The van der Waals surface area contributed by atoms with Crippen molar-refractivity contribution in [3.05, 3.63) is 40.5 Å². The molecule has 3 heterocycles. The highest BCUT2D eigenvalue weighted by Gasteiger charge is 2.35. The standard InChI is InChI=1S/C19H23N3O3/c1-11-8-15-10-17(24-16(15)9-12(11)2)19(23)22-6-4-14(5-7-22)18-20-13(3)25-21-18/h8-9,14,17H,4-7,10H2,1-3H3/t17-/m1/s1. The van der Waals surface area contributed by atoms with Gasteiger partial charge in [-0.1, -0.05) is 11.2 Å². The summed E-state index contributed by atoms with van der Waals surface area (Å²) in [7, 11) is 0. The summed E-state index contributed by atoms with van der Waals surface area (Å²) in [5.74, 6) is 2.58. The molecule has 0 N–H and O–H groups in total. The molecule has 1 amide bonds. The first kappa shape index (κ1) is 16.1. The van der Waals surface area contributed by atoms with Crippen LogP contribution in [0.5, 0.6) is 5.75 Å². The number of benzene rings is 1. The Kier molecular flexibility index (Phi) is 3.98. The quantitative estimate of drug-likeness (QED) is 0.840.